The van der Waals surface area contributed by atoms with Crippen molar-refractivity contribution in [2.24, 2.45) is 23.7 Å². The fourth-order valence-corrected chi connectivity index (χ4v) is 8.22. The number of carbonyl (C=O) groups is 3. The second kappa shape index (κ2) is 13.3. The molecule has 8 heteroatoms. The van der Waals surface area contributed by atoms with Gasteiger partial charge in [0.1, 0.15) is 11.6 Å². The molecule has 2 aromatic carbocycles. The molecule has 0 aromatic heterocycles. The molecule has 3 fully saturated rings. The predicted molar refractivity (Wildman–Crippen MR) is 180 cm³/mol. The molecule has 2 bridgehead atoms. The molecule has 8 nitrogen and oxygen atoms in total. The number of anilines is 1. The number of benzene rings is 2. The topological polar surface area (TPSA) is 91.0 Å². The van der Waals surface area contributed by atoms with Gasteiger partial charge >= 0.3 is 0 Å². The molecule has 46 heavy (non-hydrogen) atoms. The van der Waals surface area contributed by atoms with Gasteiger partial charge < -0.3 is 25.2 Å². The average molecular weight is 627 g/mol. The minimum Gasteiger partial charge on any atom is -0.359 e. The van der Waals surface area contributed by atoms with Gasteiger partial charge in [0.15, 0.2) is 0 Å². The summed E-state index contributed by atoms with van der Waals surface area (Å²) in [6, 6.07) is 17.4. The van der Waals surface area contributed by atoms with Gasteiger partial charge in [0, 0.05) is 24.8 Å². The molecule has 1 aliphatic carbocycles. The molecule has 4 aliphatic rings. The molecule has 2 N–H and O–H groups in total. The number of hydrogen-bond acceptors (Lipinski definition) is 5. The van der Waals surface area contributed by atoms with E-state index in [0.29, 0.717) is 36.4 Å². The van der Waals surface area contributed by atoms with Crippen molar-refractivity contribution in [3.8, 4) is 0 Å². The molecule has 0 unspecified atom stereocenters. The van der Waals surface area contributed by atoms with Crippen molar-refractivity contribution in [1.82, 2.24) is 15.1 Å². The Morgan fingerprint density at radius 1 is 1.04 bits per heavy atom. The van der Waals surface area contributed by atoms with E-state index in [2.05, 4.69) is 62.4 Å². The molecule has 246 valence electrons. The first-order valence-corrected chi connectivity index (χ1v) is 17.2. The fourth-order valence-electron chi connectivity index (χ4n) is 8.22. The summed E-state index contributed by atoms with van der Waals surface area (Å²) in [5, 5.41) is 6.40. The monoisotopic (exact) mass is 626 g/mol. The summed E-state index contributed by atoms with van der Waals surface area (Å²) in [5.74, 6) is -0.794. The van der Waals surface area contributed by atoms with E-state index in [0.717, 1.165) is 32.4 Å². The van der Waals surface area contributed by atoms with Crippen molar-refractivity contribution in [2.75, 3.05) is 25.5 Å². The highest BCUT2D eigenvalue weighted by atomic mass is 16.5. The summed E-state index contributed by atoms with van der Waals surface area (Å²) in [5.41, 5.74) is 1.95. The number of carbonyl (C=O) groups excluding carboxylic acids is 3. The van der Waals surface area contributed by atoms with E-state index in [9.17, 15) is 14.4 Å². The molecule has 2 saturated heterocycles. The maximum Gasteiger partial charge on any atom is 0.246 e. The van der Waals surface area contributed by atoms with E-state index in [1.807, 2.05) is 54.6 Å². The summed E-state index contributed by atoms with van der Waals surface area (Å²) in [7, 11) is 2.07. The van der Waals surface area contributed by atoms with Crippen molar-refractivity contribution in [3.05, 3.63) is 77.9 Å². The summed E-state index contributed by atoms with van der Waals surface area (Å²) >= 11 is 0. The molecule has 1 spiro atoms. The highest BCUT2D eigenvalue weighted by Crippen LogP contribution is 2.55. The molecule has 1 saturated carbocycles. The van der Waals surface area contributed by atoms with Gasteiger partial charge in [0.05, 0.1) is 17.9 Å². The van der Waals surface area contributed by atoms with E-state index in [4.69, 9.17) is 4.74 Å². The number of rotatable bonds is 11. The van der Waals surface area contributed by atoms with Crippen LogP contribution in [0.2, 0.25) is 0 Å². The number of amides is 3. The second-order valence-electron chi connectivity index (χ2n) is 14.5. The van der Waals surface area contributed by atoms with Crippen LogP contribution in [0.25, 0.3) is 0 Å². The Balaban J connectivity index is 1.22. The van der Waals surface area contributed by atoms with Gasteiger partial charge in [-0.25, -0.2) is 0 Å². The Labute approximate surface area is 273 Å². The zero-order valence-electron chi connectivity index (χ0n) is 27.9. The van der Waals surface area contributed by atoms with Crippen molar-refractivity contribution >= 4 is 23.4 Å². The molecule has 3 amide bonds. The average Bonchev–Trinajstić information content (AvgIpc) is 3.67. The lowest BCUT2D eigenvalue weighted by molar-refractivity contribution is -0.141. The Bertz CT molecular complexity index is 1440. The summed E-state index contributed by atoms with van der Waals surface area (Å²) in [6.07, 6.45) is 7.10. The standard InChI is InChI=1S/C38H50N4O4/c1-24(2)28-15-17-29(18-16-28)39-35(43)32-31-19-20-38(46-31)33(32)37(45)42(22-10-21-41(5)23-27-12-7-6-8-13-27)34(38)36(44)40-30-14-9-11-25(3)26(30)4/h6-8,12-13,15-20,24-26,30-34H,9-11,14,21-23H2,1-5H3,(H,39,43)(H,40,44)/t25-,26-,30+,31-,32+,33-,34-,38-/m0/s1. The van der Waals surface area contributed by atoms with Crippen LogP contribution in [0, 0.1) is 23.7 Å². The van der Waals surface area contributed by atoms with Gasteiger partial charge in [-0.3, -0.25) is 14.4 Å². The second-order valence-corrected chi connectivity index (χ2v) is 14.5. The van der Waals surface area contributed by atoms with Crippen LogP contribution in [0.3, 0.4) is 0 Å². The van der Waals surface area contributed by atoms with Crippen LogP contribution in [-0.4, -0.2) is 71.4 Å². The molecular weight excluding hydrogens is 576 g/mol. The Hall–Kier alpha value is -3.49. The van der Waals surface area contributed by atoms with Gasteiger partial charge in [-0.1, -0.05) is 95.2 Å². The quantitative estimate of drug-likeness (QED) is 0.328. The van der Waals surface area contributed by atoms with Gasteiger partial charge in [0.2, 0.25) is 17.7 Å². The minimum atomic E-state index is -1.16. The van der Waals surface area contributed by atoms with Crippen LogP contribution < -0.4 is 10.6 Å². The Morgan fingerprint density at radius 3 is 2.50 bits per heavy atom. The van der Waals surface area contributed by atoms with E-state index in [1.54, 1.807) is 4.90 Å². The SMILES string of the molecule is CC(C)c1ccc(NC(=O)[C@@H]2[C@@H]3C=C[C@]4(O3)[C@@H]2C(=O)N(CCCN(C)Cc2ccccc2)[C@H]4C(=O)N[C@@H]2CCC[C@H](C)[C@@H]2C)cc1. The lowest BCUT2D eigenvalue weighted by Crippen LogP contribution is -2.58. The van der Waals surface area contributed by atoms with Gasteiger partial charge in [0.25, 0.3) is 0 Å². The predicted octanol–water partition coefficient (Wildman–Crippen LogP) is 5.36. The molecule has 3 heterocycles. The fraction of sp³-hybridized carbons (Fsp3) is 0.553. The van der Waals surface area contributed by atoms with Crippen LogP contribution in [-0.2, 0) is 25.7 Å². The molecule has 0 radical (unpaired) electrons. The Morgan fingerprint density at radius 2 is 1.78 bits per heavy atom. The normalized spacial score (nSPS) is 31.5. The summed E-state index contributed by atoms with van der Waals surface area (Å²) < 4.78 is 6.58. The van der Waals surface area contributed by atoms with Crippen molar-refractivity contribution < 1.29 is 19.1 Å². The first kappa shape index (κ1) is 32.5. The van der Waals surface area contributed by atoms with E-state index >= 15 is 0 Å². The van der Waals surface area contributed by atoms with Crippen molar-refractivity contribution in [1.29, 1.82) is 0 Å². The maximum atomic E-state index is 14.4. The van der Waals surface area contributed by atoms with Crippen LogP contribution in [0.1, 0.15) is 70.4 Å². The molecule has 8 atom stereocenters. The smallest absolute Gasteiger partial charge is 0.246 e. The van der Waals surface area contributed by atoms with Crippen LogP contribution >= 0.6 is 0 Å². The largest absolute Gasteiger partial charge is 0.359 e. The Kier molecular flexibility index (Phi) is 9.40. The van der Waals surface area contributed by atoms with Gasteiger partial charge in [-0.05, 0) is 67.4 Å². The summed E-state index contributed by atoms with van der Waals surface area (Å²) in [6.45, 7) is 10.7. The molecule has 3 aliphatic heterocycles. The molecule has 2 aromatic rings. The third-order valence-electron chi connectivity index (χ3n) is 11.0. The maximum absolute atomic E-state index is 14.4. The number of nitrogens with zero attached hydrogens (tertiary/aromatic N) is 2. The number of fused-ring (bicyclic) bond motifs is 1. The minimum absolute atomic E-state index is 0.0520. The highest BCUT2D eigenvalue weighted by molar-refractivity contribution is 6.02. The third-order valence-corrected chi connectivity index (χ3v) is 11.0. The molecular formula is C38H50N4O4. The first-order valence-electron chi connectivity index (χ1n) is 17.2. The first-order chi connectivity index (χ1) is 22.1. The van der Waals surface area contributed by atoms with Crippen molar-refractivity contribution in [2.45, 2.75) is 89.6 Å². The van der Waals surface area contributed by atoms with Crippen molar-refractivity contribution in [3.63, 3.8) is 0 Å². The van der Waals surface area contributed by atoms with Crippen LogP contribution in [0.5, 0.6) is 0 Å². The summed E-state index contributed by atoms with van der Waals surface area (Å²) in [4.78, 5) is 46.5. The lowest BCUT2D eigenvalue weighted by atomic mass is 9.73. The number of likely N-dealkylation sites (tertiary alicyclic amines) is 1. The van der Waals surface area contributed by atoms with Crippen LogP contribution in [0.15, 0.2) is 66.7 Å². The van der Waals surface area contributed by atoms with Crippen LogP contribution in [0.4, 0.5) is 5.69 Å². The number of nitrogens with one attached hydrogen (secondary N) is 2. The van der Waals surface area contributed by atoms with Gasteiger partial charge in [-0.2, -0.15) is 0 Å². The number of ether oxygens (including phenoxy) is 1. The van der Waals surface area contributed by atoms with E-state index in [1.165, 1.54) is 11.1 Å². The zero-order chi connectivity index (χ0) is 32.6. The lowest BCUT2D eigenvalue weighted by Gasteiger charge is -2.38. The van der Waals surface area contributed by atoms with E-state index in [-0.39, 0.29) is 23.8 Å². The van der Waals surface area contributed by atoms with E-state index < -0.39 is 29.6 Å². The third kappa shape index (κ3) is 6.14. The molecule has 6 rings (SSSR count). The van der Waals surface area contributed by atoms with Gasteiger partial charge in [-0.15, -0.1) is 0 Å². The zero-order valence-corrected chi connectivity index (χ0v) is 27.9. The highest BCUT2D eigenvalue weighted by Gasteiger charge is 2.72. The number of hydrogen-bond donors (Lipinski definition) is 2.